The smallest absolute Gasteiger partial charge is 0.0725 e. The molecule has 0 amide bonds. The first-order valence-corrected chi connectivity index (χ1v) is 6.95. The summed E-state index contributed by atoms with van der Waals surface area (Å²) >= 11 is 0. The summed E-state index contributed by atoms with van der Waals surface area (Å²) in [6.07, 6.45) is 2.67. The van der Waals surface area contributed by atoms with E-state index in [0.29, 0.717) is 0 Å². The Kier molecular flexibility index (Phi) is 5.83. The second-order valence-corrected chi connectivity index (χ2v) is 5.43. The van der Waals surface area contributed by atoms with Crippen LogP contribution in [0.1, 0.15) is 44.6 Å². The van der Waals surface area contributed by atoms with Gasteiger partial charge in [-0.1, -0.05) is 50.6 Å². The van der Waals surface area contributed by atoms with E-state index in [1.807, 2.05) is 6.07 Å². The zero-order valence-corrected chi connectivity index (χ0v) is 12.2. The Bertz CT molecular complexity index is 336. The fourth-order valence-corrected chi connectivity index (χ4v) is 2.67. The van der Waals surface area contributed by atoms with Crippen molar-refractivity contribution in [3.05, 3.63) is 35.9 Å². The first-order chi connectivity index (χ1) is 8.53. The van der Waals surface area contributed by atoms with Crippen LogP contribution in [-0.2, 0) is 0 Å². The van der Waals surface area contributed by atoms with Crippen molar-refractivity contribution >= 4 is 0 Å². The molecule has 2 unspecified atom stereocenters. The van der Waals surface area contributed by atoms with Crippen molar-refractivity contribution in [1.29, 1.82) is 0 Å². The number of hydrogen-bond donors (Lipinski definition) is 1. The second-order valence-electron chi connectivity index (χ2n) is 5.43. The van der Waals surface area contributed by atoms with Gasteiger partial charge >= 0.3 is 0 Å². The Balaban J connectivity index is 3.04. The van der Waals surface area contributed by atoms with E-state index in [0.717, 1.165) is 25.8 Å². The van der Waals surface area contributed by atoms with Crippen LogP contribution in [-0.4, -0.2) is 36.2 Å². The number of benzene rings is 1. The maximum atomic E-state index is 11.0. The van der Waals surface area contributed by atoms with Crippen molar-refractivity contribution in [2.75, 3.05) is 20.6 Å². The third-order valence-corrected chi connectivity index (χ3v) is 3.69. The van der Waals surface area contributed by atoms with Crippen LogP contribution in [0.2, 0.25) is 0 Å². The summed E-state index contributed by atoms with van der Waals surface area (Å²) in [6, 6.07) is 10.4. The normalized spacial score (nSPS) is 16.6. The molecule has 0 aromatic heterocycles. The third-order valence-electron chi connectivity index (χ3n) is 3.69. The molecule has 2 nitrogen and oxygen atoms in total. The van der Waals surface area contributed by atoms with Crippen LogP contribution >= 0.6 is 0 Å². The van der Waals surface area contributed by atoms with Gasteiger partial charge in [0.05, 0.1) is 5.60 Å². The summed E-state index contributed by atoms with van der Waals surface area (Å²) in [6.45, 7) is 5.11. The SMILES string of the molecule is CCCC(O)(CC)C(CN(C)C)c1ccccc1. The Morgan fingerprint density at radius 2 is 1.78 bits per heavy atom. The van der Waals surface area contributed by atoms with Crippen molar-refractivity contribution in [2.45, 2.75) is 44.6 Å². The average Bonchev–Trinajstić information content (AvgIpc) is 2.37. The fourth-order valence-electron chi connectivity index (χ4n) is 2.67. The number of nitrogens with zero attached hydrogens (tertiary/aromatic N) is 1. The van der Waals surface area contributed by atoms with Gasteiger partial charge in [0, 0.05) is 12.5 Å². The van der Waals surface area contributed by atoms with E-state index in [9.17, 15) is 5.11 Å². The van der Waals surface area contributed by atoms with Crippen LogP contribution in [0.25, 0.3) is 0 Å². The minimum absolute atomic E-state index is 0.179. The minimum atomic E-state index is -0.597. The molecule has 2 atom stereocenters. The van der Waals surface area contributed by atoms with Crippen LogP contribution in [0.3, 0.4) is 0 Å². The molecule has 18 heavy (non-hydrogen) atoms. The summed E-state index contributed by atoms with van der Waals surface area (Å²) < 4.78 is 0. The van der Waals surface area contributed by atoms with Gasteiger partial charge in [0.2, 0.25) is 0 Å². The highest BCUT2D eigenvalue weighted by atomic mass is 16.3. The molecule has 0 aliphatic heterocycles. The maximum Gasteiger partial charge on any atom is 0.0725 e. The molecule has 1 aromatic rings. The van der Waals surface area contributed by atoms with Gasteiger partial charge in [-0.25, -0.2) is 0 Å². The number of aliphatic hydroxyl groups is 1. The third kappa shape index (κ3) is 3.82. The summed E-state index contributed by atoms with van der Waals surface area (Å²) in [4.78, 5) is 2.16. The second kappa shape index (κ2) is 6.91. The highest BCUT2D eigenvalue weighted by Gasteiger charge is 2.35. The molecule has 0 heterocycles. The average molecular weight is 249 g/mol. The van der Waals surface area contributed by atoms with Gasteiger partial charge in [0.15, 0.2) is 0 Å². The molecule has 0 saturated carbocycles. The van der Waals surface area contributed by atoms with Gasteiger partial charge in [0.25, 0.3) is 0 Å². The van der Waals surface area contributed by atoms with E-state index in [-0.39, 0.29) is 5.92 Å². The zero-order chi connectivity index (χ0) is 13.6. The molecule has 0 spiro atoms. The number of rotatable bonds is 7. The van der Waals surface area contributed by atoms with E-state index in [1.165, 1.54) is 5.56 Å². The van der Waals surface area contributed by atoms with Crippen molar-refractivity contribution in [1.82, 2.24) is 4.90 Å². The van der Waals surface area contributed by atoms with Gasteiger partial charge in [-0.3, -0.25) is 0 Å². The van der Waals surface area contributed by atoms with Crippen molar-refractivity contribution in [3.63, 3.8) is 0 Å². The maximum absolute atomic E-state index is 11.0. The summed E-state index contributed by atoms with van der Waals surface area (Å²) in [7, 11) is 4.13. The Labute approximate surface area is 112 Å². The lowest BCUT2D eigenvalue weighted by molar-refractivity contribution is -0.00809. The largest absolute Gasteiger partial charge is 0.389 e. The van der Waals surface area contributed by atoms with Gasteiger partial charge < -0.3 is 10.0 Å². The molecular formula is C16H27NO. The number of likely N-dealkylation sites (N-methyl/N-ethyl adjacent to an activating group) is 1. The predicted octanol–water partition coefficient (Wildman–Crippen LogP) is 3.27. The predicted molar refractivity (Wildman–Crippen MR) is 77.9 cm³/mol. The van der Waals surface area contributed by atoms with E-state index >= 15 is 0 Å². The van der Waals surface area contributed by atoms with Crippen LogP contribution in [0.15, 0.2) is 30.3 Å². The molecule has 0 fully saturated rings. The molecular weight excluding hydrogens is 222 g/mol. The van der Waals surface area contributed by atoms with E-state index in [2.05, 4.69) is 57.1 Å². The van der Waals surface area contributed by atoms with Gasteiger partial charge in [0.1, 0.15) is 0 Å². The van der Waals surface area contributed by atoms with Crippen LogP contribution in [0, 0.1) is 0 Å². The zero-order valence-electron chi connectivity index (χ0n) is 12.2. The monoisotopic (exact) mass is 249 g/mol. The van der Waals surface area contributed by atoms with E-state index in [1.54, 1.807) is 0 Å². The van der Waals surface area contributed by atoms with Gasteiger partial charge in [-0.05, 0) is 32.5 Å². The molecule has 0 aliphatic rings. The number of hydrogen-bond acceptors (Lipinski definition) is 2. The molecule has 102 valence electrons. The highest BCUT2D eigenvalue weighted by Crippen LogP contribution is 2.35. The Morgan fingerprint density at radius 3 is 2.22 bits per heavy atom. The van der Waals surface area contributed by atoms with E-state index in [4.69, 9.17) is 0 Å². The van der Waals surface area contributed by atoms with Crippen LogP contribution in [0.5, 0.6) is 0 Å². The molecule has 0 bridgehead atoms. The Hall–Kier alpha value is -0.860. The van der Waals surface area contributed by atoms with Crippen molar-refractivity contribution in [3.8, 4) is 0 Å². The first-order valence-electron chi connectivity index (χ1n) is 6.95. The lowest BCUT2D eigenvalue weighted by Gasteiger charge is -2.37. The topological polar surface area (TPSA) is 23.5 Å². The summed E-state index contributed by atoms with van der Waals surface area (Å²) in [5.41, 5.74) is 0.643. The Morgan fingerprint density at radius 1 is 1.17 bits per heavy atom. The lowest BCUT2D eigenvalue weighted by atomic mass is 9.77. The van der Waals surface area contributed by atoms with E-state index < -0.39 is 5.60 Å². The molecule has 0 saturated heterocycles. The molecule has 1 rings (SSSR count). The van der Waals surface area contributed by atoms with Crippen molar-refractivity contribution < 1.29 is 5.11 Å². The quantitative estimate of drug-likeness (QED) is 0.801. The van der Waals surface area contributed by atoms with Crippen LogP contribution < -0.4 is 0 Å². The summed E-state index contributed by atoms with van der Waals surface area (Å²) in [5.74, 6) is 0.179. The molecule has 0 aliphatic carbocycles. The van der Waals surface area contributed by atoms with Crippen LogP contribution in [0.4, 0.5) is 0 Å². The standard InChI is InChI=1S/C16H27NO/c1-5-12-16(18,6-2)15(13-17(3)4)14-10-8-7-9-11-14/h7-11,15,18H,5-6,12-13H2,1-4H3. The van der Waals surface area contributed by atoms with Gasteiger partial charge in [-0.15, -0.1) is 0 Å². The molecule has 2 heteroatoms. The molecule has 1 aromatic carbocycles. The van der Waals surface area contributed by atoms with Gasteiger partial charge in [-0.2, -0.15) is 0 Å². The lowest BCUT2D eigenvalue weighted by Crippen LogP contribution is -2.40. The minimum Gasteiger partial charge on any atom is -0.389 e. The molecule has 1 N–H and O–H groups in total. The summed E-state index contributed by atoms with van der Waals surface area (Å²) in [5, 5.41) is 11.0. The molecule has 0 radical (unpaired) electrons. The first kappa shape index (κ1) is 15.2. The highest BCUT2D eigenvalue weighted by molar-refractivity contribution is 5.23. The van der Waals surface area contributed by atoms with Crippen molar-refractivity contribution in [2.24, 2.45) is 0 Å². The fraction of sp³-hybridized carbons (Fsp3) is 0.625.